The van der Waals surface area contributed by atoms with Crippen LogP contribution in [0.1, 0.15) is 60.8 Å². The normalized spacial score (nSPS) is 22.7. The molecule has 0 radical (unpaired) electrons. The Morgan fingerprint density at radius 3 is 1.94 bits per heavy atom. The van der Waals surface area contributed by atoms with Gasteiger partial charge in [0.05, 0.1) is 7.11 Å². The van der Waals surface area contributed by atoms with Gasteiger partial charge in [-0.15, -0.1) is 24.8 Å². The quantitative estimate of drug-likeness (QED) is 0.340. The van der Waals surface area contributed by atoms with Crippen molar-refractivity contribution in [2.24, 2.45) is 5.92 Å². The summed E-state index contributed by atoms with van der Waals surface area (Å²) >= 11 is 0. The lowest BCUT2D eigenvalue weighted by atomic mass is 9.70. The Bertz CT molecular complexity index is 1030. The van der Waals surface area contributed by atoms with E-state index in [0.29, 0.717) is 29.8 Å². The predicted octanol–water partition coefficient (Wildman–Crippen LogP) is 7.05. The standard InChI is InChI=1S/C31H38N2O.2ClH/c1-22(2)26-14-15-28(34-3)27(20-26)21-32-30-25-16-18-33(19-17-25)31(30)29(23-10-6-4-7-11-23)24-12-8-5-9-13-24;;/h4-15,20,22,25,29-32H,16-19,21H2,1-3H3;2*1H/t30-,31-;;/m0../s1. The Kier molecular flexibility index (Phi) is 10.3. The van der Waals surface area contributed by atoms with Crippen LogP contribution < -0.4 is 10.1 Å². The maximum Gasteiger partial charge on any atom is 0.123 e. The van der Waals surface area contributed by atoms with Gasteiger partial charge in [-0.3, -0.25) is 4.90 Å². The first-order chi connectivity index (χ1) is 16.7. The van der Waals surface area contributed by atoms with E-state index in [4.69, 9.17) is 4.74 Å². The summed E-state index contributed by atoms with van der Waals surface area (Å²) in [6.07, 6.45) is 2.57. The predicted molar refractivity (Wildman–Crippen MR) is 155 cm³/mol. The molecule has 5 heteroatoms. The molecule has 0 unspecified atom stereocenters. The first-order valence-corrected chi connectivity index (χ1v) is 12.9. The average molecular weight is 528 g/mol. The van der Waals surface area contributed by atoms with Crippen molar-refractivity contribution in [1.82, 2.24) is 10.2 Å². The number of rotatable bonds is 8. The van der Waals surface area contributed by atoms with Gasteiger partial charge in [-0.25, -0.2) is 0 Å². The van der Waals surface area contributed by atoms with Crippen LogP contribution in [0.2, 0.25) is 0 Å². The minimum Gasteiger partial charge on any atom is -0.496 e. The molecule has 3 heterocycles. The molecule has 6 rings (SSSR count). The van der Waals surface area contributed by atoms with Crippen molar-refractivity contribution in [2.75, 3.05) is 20.2 Å². The summed E-state index contributed by atoms with van der Waals surface area (Å²) in [5.74, 6) is 2.56. The van der Waals surface area contributed by atoms with E-state index in [1.54, 1.807) is 7.11 Å². The third-order valence-corrected chi connectivity index (χ3v) is 8.03. The molecular weight excluding hydrogens is 487 g/mol. The van der Waals surface area contributed by atoms with Gasteiger partial charge in [0.15, 0.2) is 0 Å². The van der Waals surface area contributed by atoms with Crippen LogP contribution in [0, 0.1) is 5.92 Å². The van der Waals surface area contributed by atoms with Crippen molar-refractivity contribution in [3.8, 4) is 5.75 Å². The number of methoxy groups -OCH3 is 1. The monoisotopic (exact) mass is 526 g/mol. The zero-order valence-electron chi connectivity index (χ0n) is 21.6. The Morgan fingerprint density at radius 1 is 0.833 bits per heavy atom. The minimum absolute atomic E-state index is 0. The molecule has 0 aliphatic carbocycles. The van der Waals surface area contributed by atoms with Crippen LogP contribution in [0.15, 0.2) is 78.9 Å². The van der Waals surface area contributed by atoms with Crippen molar-refractivity contribution >= 4 is 24.8 Å². The van der Waals surface area contributed by atoms with E-state index in [1.807, 2.05) is 0 Å². The highest BCUT2D eigenvalue weighted by atomic mass is 35.5. The van der Waals surface area contributed by atoms with Crippen LogP contribution in [-0.2, 0) is 6.54 Å². The first kappa shape index (κ1) is 28.5. The largest absolute Gasteiger partial charge is 0.496 e. The third kappa shape index (κ3) is 5.92. The molecule has 3 aliphatic rings. The molecular formula is C31H40Cl2N2O. The Labute approximate surface area is 229 Å². The molecule has 3 fully saturated rings. The van der Waals surface area contributed by atoms with Gasteiger partial charge in [0.1, 0.15) is 5.75 Å². The smallest absolute Gasteiger partial charge is 0.123 e. The molecule has 0 spiro atoms. The fourth-order valence-corrected chi connectivity index (χ4v) is 6.22. The van der Waals surface area contributed by atoms with Crippen molar-refractivity contribution in [3.05, 3.63) is 101 Å². The van der Waals surface area contributed by atoms with Crippen LogP contribution in [-0.4, -0.2) is 37.2 Å². The number of piperidine rings is 3. The van der Waals surface area contributed by atoms with Crippen molar-refractivity contribution in [1.29, 1.82) is 0 Å². The third-order valence-electron chi connectivity index (χ3n) is 8.03. The van der Waals surface area contributed by atoms with E-state index in [2.05, 4.69) is 103 Å². The van der Waals surface area contributed by atoms with Crippen molar-refractivity contribution in [3.63, 3.8) is 0 Å². The summed E-state index contributed by atoms with van der Waals surface area (Å²) in [5.41, 5.74) is 5.46. The molecule has 1 N–H and O–H groups in total. The van der Waals surface area contributed by atoms with E-state index in [0.717, 1.165) is 12.3 Å². The maximum atomic E-state index is 5.74. The SMILES string of the molecule is COc1ccc(C(C)C)cc1CN[C@H]1C2CCN(CC2)[C@H]1C(c1ccccc1)c1ccccc1.Cl.Cl. The van der Waals surface area contributed by atoms with Crippen LogP contribution in [0.5, 0.6) is 5.75 Å². The average Bonchev–Trinajstić information content (AvgIpc) is 2.89. The fraction of sp³-hybridized carbons (Fsp3) is 0.419. The van der Waals surface area contributed by atoms with Crippen LogP contribution >= 0.6 is 24.8 Å². The highest BCUT2D eigenvalue weighted by Crippen LogP contribution is 2.42. The Balaban J connectivity index is 0.00000180. The summed E-state index contributed by atoms with van der Waals surface area (Å²) in [4.78, 5) is 2.75. The van der Waals surface area contributed by atoms with Gasteiger partial charge >= 0.3 is 0 Å². The van der Waals surface area contributed by atoms with Gasteiger partial charge in [-0.1, -0.05) is 86.6 Å². The van der Waals surface area contributed by atoms with E-state index >= 15 is 0 Å². The number of ether oxygens (including phenoxy) is 1. The molecule has 3 nitrogen and oxygen atoms in total. The molecule has 3 aliphatic heterocycles. The van der Waals surface area contributed by atoms with Gasteiger partial charge in [0.2, 0.25) is 0 Å². The van der Waals surface area contributed by atoms with Crippen molar-refractivity contribution < 1.29 is 4.74 Å². The second-order valence-electron chi connectivity index (χ2n) is 10.3. The zero-order chi connectivity index (χ0) is 23.5. The minimum atomic E-state index is 0. The summed E-state index contributed by atoms with van der Waals surface area (Å²) < 4.78 is 5.74. The fourth-order valence-electron chi connectivity index (χ4n) is 6.22. The second kappa shape index (κ2) is 13.0. The first-order valence-electron chi connectivity index (χ1n) is 12.9. The molecule has 0 aromatic heterocycles. The number of benzene rings is 3. The number of fused-ring (bicyclic) bond motifs is 3. The van der Waals surface area contributed by atoms with Gasteiger partial charge in [0, 0.05) is 30.1 Å². The topological polar surface area (TPSA) is 24.5 Å². The summed E-state index contributed by atoms with van der Waals surface area (Å²) in [5, 5.41) is 4.06. The Hall–Kier alpha value is -2.04. The summed E-state index contributed by atoms with van der Waals surface area (Å²) in [6.45, 7) is 7.76. The lowest BCUT2D eigenvalue weighted by molar-refractivity contribution is 0.00462. The van der Waals surface area contributed by atoms with Gasteiger partial charge < -0.3 is 10.1 Å². The molecule has 194 valence electrons. The number of nitrogens with one attached hydrogen (secondary N) is 1. The second-order valence-corrected chi connectivity index (χ2v) is 10.3. The number of nitrogens with zero attached hydrogens (tertiary/aromatic N) is 1. The molecule has 0 amide bonds. The van der Waals surface area contributed by atoms with E-state index in [9.17, 15) is 0 Å². The van der Waals surface area contributed by atoms with E-state index < -0.39 is 0 Å². The molecule has 2 bridgehead atoms. The zero-order valence-corrected chi connectivity index (χ0v) is 23.2. The van der Waals surface area contributed by atoms with Gasteiger partial charge in [0.25, 0.3) is 0 Å². The van der Waals surface area contributed by atoms with Crippen LogP contribution in [0.25, 0.3) is 0 Å². The van der Waals surface area contributed by atoms with Gasteiger partial charge in [-0.05, 0) is 60.5 Å². The summed E-state index contributed by atoms with van der Waals surface area (Å²) in [7, 11) is 1.78. The summed E-state index contributed by atoms with van der Waals surface area (Å²) in [6, 6.07) is 29.8. The highest BCUT2D eigenvalue weighted by Gasteiger charge is 2.46. The molecule has 3 saturated heterocycles. The number of hydrogen-bond donors (Lipinski definition) is 1. The lowest BCUT2D eigenvalue weighted by Crippen LogP contribution is -2.64. The highest BCUT2D eigenvalue weighted by molar-refractivity contribution is 5.85. The lowest BCUT2D eigenvalue weighted by Gasteiger charge is -2.54. The molecule has 2 atom stereocenters. The number of halogens is 2. The van der Waals surface area contributed by atoms with Crippen LogP contribution in [0.3, 0.4) is 0 Å². The van der Waals surface area contributed by atoms with E-state index in [1.165, 1.54) is 48.2 Å². The van der Waals surface area contributed by atoms with Gasteiger partial charge in [-0.2, -0.15) is 0 Å². The molecule has 3 aromatic rings. The molecule has 36 heavy (non-hydrogen) atoms. The van der Waals surface area contributed by atoms with Crippen LogP contribution in [0.4, 0.5) is 0 Å². The maximum absolute atomic E-state index is 5.74. The molecule has 0 saturated carbocycles. The molecule has 3 aromatic carbocycles. The number of hydrogen-bond acceptors (Lipinski definition) is 3. The van der Waals surface area contributed by atoms with E-state index in [-0.39, 0.29) is 24.8 Å². The Morgan fingerprint density at radius 2 is 1.42 bits per heavy atom. The van der Waals surface area contributed by atoms with Crippen molar-refractivity contribution in [2.45, 2.75) is 57.2 Å².